The Morgan fingerprint density at radius 3 is 2.39 bits per heavy atom. The number of H-pyrrole nitrogens is 1. The van der Waals surface area contributed by atoms with Crippen LogP contribution in [0.2, 0.25) is 0 Å². The molecule has 174 valence electrons. The van der Waals surface area contributed by atoms with Gasteiger partial charge in [-0.25, -0.2) is 13.4 Å². The zero-order valence-electron chi connectivity index (χ0n) is 18.7. The standard InChI is InChI=1S/C25H30N4O3S/c30-24(17-18-5-1-2-6-18)26-20-9-11-21(12-10-20)33(31,32)29-15-13-19(14-16-29)25-27-22-7-3-4-8-23(22)28-25/h3-4,7-12,18-19H,1-2,5-6,13-17H2,(H,26,30)(H,27,28). The Balaban J connectivity index is 1.19. The number of nitrogens with zero attached hydrogens (tertiary/aromatic N) is 2. The van der Waals surface area contributed by atoms with E-state index in [1.165, 1.54) is 12.8 Å². The number of para-hydroxylation sites is 2. The van der Waals surface area contributed by atoms with Crippen LogP contribution in [-0.2, 0) is 14.8 Å². The van der Waals surface area contributed by atoms with Gasteiger partial charge in [-0.1, -0.05) is 25.0 Å². The second kappa shape index (κ2) is 9.27. The average molecular weight is 467 g/mol. The van der Waals surface area contributed by atoms with Crippen molar-refractivity contribution in [3.05, 3.63) is 54.4 Å². The number of piperidine rings is 1. The first-order chi connectivity index (χ1) is 16.0. The Kier molecular flexibility index (Phi) is 6.21. The third kappa shape index (κ3) is 4.82. The molecule has 2 fully saturated rings. The molecule has 1 amide bonds. The van der Waals surface area contributed by atoms with E-state index in [4.69, 9.17) is 0 Å². The Morgan fingerprint density at radius 1 is 1.00 bits per heavy atom. The molecule has 1 saturated heterocycles. The summed E-state index contributed by atoms with van der Waals surface area (Å²) in [4.78, 5) is 20.6. The lowest BCUT2D eigenvalue weighted by Crippen LogP contribution is -2.38. The lowest BCUT2D eigenvalue weighted by molar-refractivity contribution is -0.117. The van der Waals surface area contributed by atoms with Gasteiger partial charge in [-0.2, -0.15) is 4.31 Å². The minimum atomic E-state index is -3.57. The molecule has 0 atom stereocenters. The molecule has 0 spiro atoms. The van der Waals surface area contributed by atoms with Crippen molar-refractivity contribution in [2.45, 2.75) is 55.8 Å². The van der Waals surface area contributed by atoms with Crippen LogP contribution in [0.5, 0.6) is 0 Å². The Labute approximate surface area is 194 Å². The van der Waals surface area contributed by atoms with E-state index in [9.17, 15) is 13.2 Å². The molecule has 8 heteroatoms. The Morgan fingerprint density at radius 2 is 1.70 bits per heavy atom. The average Bonchev–Trinajstić information content (AvgIpc) is 3.49. The number of aromatic amines is 1. The molecule has 1 saturated carbocycles. The number of nitrogens with one attached hydrogen (secondary N) is 2. The maximum absolute atomic E-state index is 13.2. The number of amides is 1. The van der Waals surface area contributed by atoms with Gasteiger partial charge < -0.3 is 10.3 Å². The fourth-order valence-corrected chi connectivity index (χ4v) is 6.55. The van der Waals surface area contributed by atoms with Crippen LogP contribution in [0.4, 0.5) is 5.69 Å². The van der Waals surface area contributed by atoms with Crippen LogP contribution >= 0.6 is 0 Å². The minimum absolute atomic E-state index is 0.00478. The largest absolute Gasteiger partial charge is 0.342 e. The van der Waals surface area contributed by atoms with Crippen LogP contribution in [0.25, 0.3) is 11.0 Å². The van der Waals surface area contributed by atoms with Crippen LogP contribution in [0.15, 0.2) is 53.4 Å². The molecular weight excluding hydrogens is 436 g/mol. The van der Waals surface area contributed by atoms with Gasteiger partial charge in [0.25, 0.3) is 0 Å². The summed E-state index contributed by atoms with van der Waals surface area (Å²) in [6.07, 6.45) is 6.66. The van der Waals surface area contributed by atoms with Crippen LogP contribution in [0.3, 0.4) is 0 Å². The van der Waals surface area contributed by atoms with E-state index in [2.05, 4.69) is 15.3 Å². The number of hydrogen-bond donors (Lipinski definition) is 2. The number of rotatable bonds is 6. The number of sulfonamides is 1. The second-order valence-electron chi connectivity index (χ2n) is 9.24. The van der Waals surface area contributed by atoms with Crippen LogP contribution in [-0.4, -0.2) is 41.7 Å². The molecule has 0 unspecified atom stereocenters. The normalized spacial score (nSPS) is 18.7. The number of carbonyl (C=O) groups is 1. The summed E-state index contributed by atoms with van der Waals surface area (Å²) >= 11 is 0. The van der Waals surface area contributed by atoms with E-state index < -0.39 is 10.0 Å². The summed E-state index contributed by atoms with van der Waals surface area (Å²) in [7, 11) is -3.57. The lowest BCUT2D eigenvalue weighted by atomic mass is 9.97. The lowest BCUT2D eigenvalue weighted by Gasteiger charge is -2.30. The van der Waals surface area contributed by atoms with Crippen LogP contribution in [0.1, 0.15) is 56.7 Å². The fourth-order valence-electron chi connectivity index (χ4n) is 5.08. The number of carbonyl (C=O) groups excluding carboxylic acids is 1. The van der Waals surface area contributed by atoms with E-state index in [1.807, 2.05) is 24.3 Å². The minimum Gasteiger partial charge on any atom is -0.342 e. The molecule has 1 aliphatic carbocycles. The van der Waals surface area contributed by atoms with Gasteiger partial charge in [-0.3, -0.25) is 4.79 Å². The molecule has 5 rings (SSSR count). The smallest absolute Gasteiger partial charge is 0.243 e. The van der Waals surface area contributed by atoms with Crippen LogP contribution < -0.4 is 5.32 Å². The van der Waals surface area contributed by atoms with Crippen molar-refractivity contribution in [1.29, 1.82) is 0 Å². The van der Waals surface area contributed by atoms with E-state index in [1.54, 1.807) is 28.6 Å². The summed E-state index contributed by atoms with van der Waals surface area (Å²) in [6, 6.07) is 14.5. The van der Waals surface area contributed by atoms with Gasteiger partial charge in [0.15, 0.2) is 0 Å². The van der Waals surface area contributed by atoms with Gasteiger partial charge in [-0.15, -0.1) is 0 Å². The van der Waals surface area contributed by atoms with Gasteiger partial charge in [0.1, 0.15) is 5.82 Å². The molecule has 2 aromatic carbocycles. The molecule has 2 heterocycles. The first-order valence-corrected chi connectivity index (χ1v) is 13.3. The molecule has 3 aromatic rings. The van der Waals surface area contributed by atoms with Crippen molar-refractivity contribution < 1.29 is 13.2 Å². The zero-order chi connectivity index (χ0) is 22.8. The van der Waals surface area contributed by atoms with Gasteiger partial charge in [-0.05, 0) is 68.0 Å². The van der Waals surface area contributed by atoms with E-state index in [0.717, 1.165) is 42.5 Å². The van der Waals surface area contributed by atoms with Crippen molar-refractivity contribution in [2.24, 2.45) is 5.92 Å². The third-order valence-corrected chi connectivity index (χ3v) is 8.89. The van der Waals surface area contributed by atoms with Gasteiger partial charge in [0.05, 0.1) is 15.9 Å². The monoisotopic (exact) mass is 466 g/mol. The highest BCUT2D eigenvalue weighted by molar-refractivity contribution is 7.89. The summed E-state index contributed by atoms with van der Waals surface area (Å²) < 4.78 is 27.9. The number of aromatic nitrogens is 2. The molecular formula is C25H30N4O3S. The predicted octanol–water partition coefficient (Wildman–Crippen LogP) is 4.65. The van der Waals surface area contributed by atoms with Gasteiger partial charge in [0, 0.05) is 31.1 Å². The van der Waals surface area contributed by atoms with Gasteiger partial charge in [0.2, 0.25) is 15.9 Å². The molecule has 33 heavy (non-hydrogen) atoms. The molecule has 0 radical (unpaired) electrons. The molecule has 7 nitrogen and oxygen atoms in total. The summed E-state index contributed by atoms with van der Waals surface area (Å²) in [5.41, 5.74) is 2.59. The van der Waals surface area contributed by atoms with Crippen molar-refractivity contribution in [3.8, 4) is 0 Å². The third-order valence-electron chi connectivity index (χ3n) is 6.97. The van der Waals surface area contributed by atoms with Crippen molar-refractivity contribution in [1.82, 2.24) is 14.3 Å². The predicted molar refractivity (Wildman–Crippen MR) is 128 cm³/mol. The first kappa shape index (κ1) is 22.1. The van der Waals surface area contributed by atoms with Gasteiger partial charge >= 0.3 is 0 Å². The number of hydrogen-bond acceptors (Lipinski definition) is 4. The number of fused-ring (bicyclic) bond motifs is 1. The molecule has 2 aliphatic rings. The molecule has 1 aromatic heterocycles. The number of anilines is 1. The topological polar surface area (TPSA) is 95.2 Å². The van der Waals surface area contributed by atoms with Crippen molar-refractivity contribution in [3.63, 3.8) is 0 Å². The number of benzene rings is 2. The quantitative estimate of drug-likeness (QED) is 0.553. The Bertz CT molecular complexity index is 1190. The second-order valence-corrected chi connectivity index (χ2v) is 11.2. The Hall–Kier alpha value is -2.71. The van der Waals surface area contributed by atoms with Crippen LogP contribution in [0, 0.1) is 5.92 Å². The van der Waals surface area contributed by atoms with E-state index >= 15 is 0 Å². The maximum Gasteiger partial charge on any atom is 0.243 e. The highest BCUT2D eigenvalue weighted by Crippen LogP contribution is 2.31. The fraction of sp³-hybridized carbons (Fsp3) is 0.440. The van der Waals surface area contributed by atoms with E-state index in [0.29, 0.717) is 31.1 Å². The van der Waals surface area contributed by atoms with Crippen molar-refractivity contribution in [2.75, 3.05) is 18.4 Å². The van der Waals surface area contributed by atoms with E-state index in [-0.39, 0.29) is 16.7 Å². The SMILES string of the molecule is O=C(CC1CCCC1)Nc1ccc(S(=O)(=O)N2CCC(c3nc4ccccc4[nH]3)CC2)cc1. The van der Waals surface area contributed by atoms with Crippen molar-refractivity contribution >= 4 is 32.7 Å². The molecule has 1 aliphatic heterocycles. The first-order valence-electron chi connectivity index (χ1n) is 11.8. The molecule has 0 bridgehead atoms. The summed E-state index contributed by atoms with van der Waals surface area (Å²) in [5, 5.41) is 2.90. The number of imidazole rings is 1. The maximum atomic E-state index is 13.2. The molecule has 2 N–H and O–H groups in total. The summed E-state index contributed by atoms with van der Waals surface area (Å²) in [5.74, 6) is 1.64. The highest BCUT2D eigenvalue weighted by Gasteiger charge is 2.31. The highest BCUT2D eigenvalue weighted by atomic mass is 32.2. The summed E-state index contributed by atoms with van der Waals surface area (Å²) in [6.45, 7) is 0.924. The zero-order valence-corrected chi connectivity index (χ0v) is 19.5.